The summed E-state index contributed by atoms with van der Waals surface area (Å²) in [5, 5.41) is 7.45. The third-order valence-electron chi connectivity index (χ3n) is 2.48. The van der Waals surface area contributed by atoms with Crippen LogP contribution in [0.25, 0.3) is 0 Å². The van der Waals surface area contributed by atoms with Crippen molar-refractivity contribution in [1.82, 2.24) is 4.98 Å². The largest absolute Gasteiger partial charge is 0.384 e. The fourth-order valence-electron chi connectivity index (χ4n) is 1.79. The Labute approximate surface area is 95.4 Å². The van der Waals surface area contributed by atoms with Crippen LogP contribution in [0.1, 0.15) is 18.4 Å². The summed E-state index contributed by atoms with van der Waals surface area (Å²) in [7, 11) is 0. The standard InChI is InChI=1S/C10H14N4.ClH/c11-9(12)8-4-3-5-13-10(8)14-6-1-2-7-14;/h3-5H,1-2,6-7H2,(H3,11,12);1H. The highest BCUT2D eigenvalue weighted by molar-refractivity contribution is 5.99. The molecular formula is C10H15ClN4. The van der Waals surface area contributed by atoms with Crippen molar-refractivity contribution in [2.45, 2.75) is 12.8 Å². The number of hydrogen-bond donors (Lipinski definition) is 2. The van der Waals surface area contributed by atoms with E-state index in [1.165, 1.54) is 12.8 Å². The van der Waals surface area contributed by atoms with Gasteiger partial charge in [-0.1, -0.05) is 0 Å². The molecule has 0 unspecified atom stereocenters. The van der Waals surface area contributed by atoms with Crippen LogP contribution in [0.2, 0.25) is 0 Å². The third-order valence-corrected chi connectivity index (χ3v) is 2.48. The van der Waals surface area contributed by atoms with Gasteiger partial charge in [-0.2, -0.15) is 0 Å². The van der Waals surface area contributed by atoms with Gasteiger partial charge >= 0.3 is 0 Å². The molecule has 0 atom stereocenters. The first-order chi connectivity index (χ1) is 6.79. The van der Waals surface area contributed by atoms with Gasteiger partial charge in [-0.3, -0.25) is 5.41 Å². The molecule has 1 aliphatic rings. The smallest absolute Gasteiger partial charge is 0.139 e. The molecule has 0 spiro atoms. The highest BCUT2D eigenvalue weighted by atomic mass is 35.5. The minimum atomic E-state index is 0. The Morgan fingerprint density at radius 1 is 1.40 bits per heavy atom. The number of nitrogen functional groups attached to an aromatic ring is 1. The van der Waals surface area contributed by atoms with Crippen LogP contribution in [0.3, 0.4) is 0 Å². The molecule has 1 aliphatic heterocycles. The van der Waals surface area contributed by atoms with Gasteiger partial charge in [0.05, 0.1) is 5.56 Å². The fourth-order valence-corrected chi connectivity index (χ4v) is 1.79. The lowest BCUT2D eigenvalue weighted by Gasteiger charge is -2.18. The lowest BCUT2D eigenvalue weighted by Crippen LogP contribution is -2.24. The van der Waals surface area contributed by atoms with Crippen molar-refractivity contribution in [3.8, 4) is 0 Å². The molecule has 2 rings (SSSR count). The Balaban J connectivity index is 0.00000112. The molecule has 15 heavy (non-hydrogen) atoms. The molecule has 0 bridgehead atoms. The van der Waals surface area contributed by atoms with E-state index in [-0.39, 0.29) is 18.2 Å². The van der Waals surface area contributed by atoms with Gasteiger partial charge in [0.2, 0.25) is 0 Å². The van der Waals surface area contributed by atoms with Gasteiger partial charge in [0.15, 0.2) is 0 Å². The van der Waals surface area contributed by atoms with Gasteiger partial charge < -0.3 is 10.6 Å². The van der Waals surface area contributed by atoms with Crippen molar-refractivity contribution in [3.63, 3.8) is 0 Å². The molecule has 0 aliphatic carbocycles. The molecule has 2 heterocycles. The van der Waals surface area contributed by atoms with Gasteiger partial charge in [0.25, 0.3) is 0 Å². The van der Waals surface area contributed by atoms with Crippen molar-refractivity contribution < 1.29 is 0 Å². The molecule has 0 amide bonds. The molecule has 1 aromatic heterocycles. The maximum Gasteiger partial charge on any atom is 0.139 e. The number of pyridine rings is 1. The van der Waals surface area contributed by atoms with Gasteiger partial charge in [0, 0.05) is 19.3 Å². The van der Waals surface area contributed by atoms with Gasteiger partial charge in [-0.25, -0.2) is 4.98 Å². The van der Waals surface area contributed by atoms with Crippen molar-refractivity contribution in [2.75, 3.05) is 18.0 Å². The first-order valence-corrected chi connectivity index (χ1v) is 4.83. The van der Waals surface area contributed by atoms with E-state index in [2.05, 4.69) is 9.88 Å². The van der Waals surface area contributed by atoms with Gasteiger partial charge in [-0.15, -0.1) is 12.4 Å². The molecule has 0 radical (unpaired) electrons. The maximum atomic E-state index is 7.45. The Morgan fingerprint density at radius 3 is 2.67 bits per heavy atom. The molecule has 1 saturated heterocycles. The maximum absolute atomic E-state index is 7.45. The second-order valence-electron chi connectivity index (χ2n) is 3.48. The zero-order valence-corrected chi connectivity index (χ0v) is 9.26. The summed E-state index contributed by atoms with van der Waals surface area (Å²) in [6, 6.07) is 3.67. The molecule has 1 aromatic rings. The molecule has 4 nitrogen and oxygen atoms in total. The fraction of sp³-hybridized carbons (Fsp3) is 0.400. The summed E-state index contributed by atoms with van der Waals surface area (Å²) < 4.78 is 0. The van der Waals surface area contributed by atoms with Gasteiger partial charge in [-0.05, 0) is 25.0 Å². The van der Waals surface area contributed by atoms with Crippen LogP contribution >= 0.6 is 12.4 Å². The van der Waals surface area contributed by atoms with Crippen LogP contribution in [0.15, 0.2) is 18.3 Å². The second kappa shape index (κ2) is 4.98. The van der Waals surface area contributed by atoms with E-state index in [0.29, 0.717) is 0 Å². The number of hydrogen-bond acceptors (Lipinski definition) is 3. The van der Waals surface area contributed by atoms with Crippen LogP contribution in [0.5, 0.6) is 0 Å². The van der Waals surface area contributed by atoms with Crippen molar-refractivity contribution >= 4 is 24.1 Å². The highest BCUT2D eigenvalue weighted by Crippen LogP contribution is 2.21. The normalized spacial score (nSPS) is 14.8. The van der Waals surface area contributed by atoms with E-state index in [9.17, 15) is 0 Å². The minimum Gasteiger partial charge on any atom is -0.384 e. The van der Waals surface area contributed by atoms with Crippen LogP contribution in [0.4, 0.5) is 5.82 Å². The number of anilines is 1. The summed E-state index contributed by atoms with van der Waals surface area (Å²) in [5.41, 5.74) is 6.24. The quantitative estimate of drug-likeness (QED) is 0.592. The topological polar surface area (TPSA) is 66.0 Å². The lowest BCUT2D eigenvalue weighted by molar-refractivity contribution is 0.934. The van der Waals surface area contributed by atoms with E-state index >= 15 is 0 Å². The van der Waals surface area contributed by atoms with E-state index in [4.69, 9.17) is 11.1 Å². The minimum absolute atomic E-state index is 0. The third kappa shape index (κ3) is 2.39. The summed E-state index contributed by atoms with van der Waals surface area (Å²) in [4.78, 5) is 6.48. The Bertz CT molecular complexity index is 347. The molecule has 0 aromatic carbocycles. The first kappa shape index (κ1) is 11.8. The van der Waals surface area contributed by atoms with Crippen LogP contribution < -0.4 is 10.6 Å². The number of aromatic nitrogens is 1. The predicted octanol–water partition coefficient (Wildman–Crippen LogP) is 1.39. The number of nitrogens with zero attached hydrogens (tertiary/aromatic N) is 2. The van der Waals surface area contributed by atoms with Crippen LogP contribution in [-0.2, 0) is 0 Å². The van der Waals surface area contributed by atoms with Crippen molar-refractivity contribution in [1.29, 1.82) is 5.41 Å². The monoisotopic (exact) mass is 226 g/mol. The Hall–Kier alpha value is -1.29. The summed E-state index contributed by atoms with van der Waals surface area (Å²) in [6.07, 6.45) is 4.15. The van der Waals surface area contributed by atoms with Crippen LogP contribution in [0, 0.1) is 5.41 Å². The molecule has 1 fully saturated rings. The number of halogens is 1. The molecular weight excluding hydrogens is 212 g/mol. The molecule has 3 N–H and O–H groups in total. The number of nitrogens with two attached hydrogens (primary N) is 1. The zero-order valence-electron chi connectivity index (χ0n) is 8.44. The zero-order chi connectivity index (χ0) is 9.97. The SMILES string of the molecule is Cl.N=C(N)c1cccnc1N1CCCC1. The van der Waals surface area contributed by atoms with Crippen LogP contribution in [-0.4, -0.2) is 23.9 Å². The average molecular weight is 227 g/mol. The van der Waals surface area contributed by atoms with E-state index in [1.807, 2.05) is 12.1 Å². The molecule has 0 saturated carbocycles. The first-order valence-electron chi connectivity index (χ1n) is 4.83. The number of nitrogens with one attached hydrogen (secondary N) is 1. The van der Waals surface area contributed by atoms with Gasteiger partial charge in [0.1, 0.15) is 11.7 Å². The summed E-state index contributed by atoms with van der Waals surface area (Å²) in [5.74, 6) is 0.956. The highest BCUT2D eigenvalue weighted by Gasteiger charge is 2.17. The number of amidine groups is 1. The lowest BCUT2D eigenvalue weighted by atomic mass is 10.2. The number of rotatable bonds is 2. The Morgan fingerprint density at radius 2 is 2.07 bits per heavy atom. The van der Waals surface area contributed by atoms with E-state index in [1.54, 1.807) is 6.20 Å². The molecule has 82 valence electrons. The van der Waals surface area contributed by atoms with Crippen molar-refractivity contribution in [2.24, 2.45) is 5.73 Å². The summed E-state index contributed by atoms with van der Waals surface area (Å²) >= 11 is 0. The van der Waals surface area contributed by atoms with Crippen molar-refractivity contribution in [3.05, 3.63) is 23.9 Å². The summed E-state index contributed by atoms with van der Waals surface area (Å²) in [6.45, 7) is 2.05. The Kier molecular flexibility index (Phi) is 3.91. The predicted molar refractivity (Wildman–Crippen MR) is 63.9 cm³/mol. The molecule has 5 heteroatoms. The average Bonchev–Trinajstić information content (AvgIpc) is 2.70. The van der Waals surface area contributed by atoms with E-state index in [0.717, 1.165) is 24.5 Å². The second-order valence-corrected chi connectivity index (χ2v) is 3.48. The van der Waals surface area contributed by atoms with E-state index < -0.39 is 0 Å².